The van der Waals surface area contributed by atoms with Crippen LogP contribution in [0, 0.1) is 12.8 Å². The number of aryl methyl sites for hydroxylation is 2. The number of benzene rings is 2. The molecule has 29 heavy (non-hydrogen) atoms. The Morgan fingerprint density at radius 2 is 1.90 bits per heavy atom. The maximum atomic E-state index is 13.1. The van der Waals surface area contributed by atoms with Gasteiger partial charge in [-0.25, -0.2) is 0 Å². The molecule has 1 aliphatic rings. The molecule has 5 nitrogen and oxygen atoms in total. The Kier molecular flexibility index (Phi) is 5.38. The van der Waals surface area contributed by atoms with Crippen molar-refractivity contribution in [3.8, 4) is 0 Å². The molecule has 1 unspecified atom stereocenters. The number of nitrogens with one attached hydrogen (secondary N) is 1. The molecule has 1 aliphatic heterocycles. The molecule has 0 bridgehead atoms. The smallest absolute Gasteiger partial charge is 0.270 e. The number of aromatic nitrogens is 1. The first-order valence-corrected chi connectivity index (χ1v) is 10.2. The lowest BCUT2D eigenvalue weighted by molar-refractivity contribution is -0.124. The van der Waals surface area contributed by atoms with Crippen LogP contribution in [0.1, 0.15) is 28.0 Å². The van der Waals surface area contributed by atoms with E-state index in [1.807, 2.05) is 40.8 Å². The van der Waals surface area contributed by atoms with Gasteiger partial charge in [0.05, 0.1) is 5.92 Å². The van der Waals surface area contributed by atoms with Crippen LogP contribution in [0.4, 0.5) is 0 Å². The van der Waals surface area contributed by atoms with E-state index in [1.165, 1.54) is 11.1 Å². The molecule has 1 fully saturated rings. The molecule has 0 aliphatic carbocycles. The quantitative estimate of drug-likeness (QED) is 0.728. The minimum Gasteiger partial charge on any atom is -0.355 e. The summed E-state index contributed by atoms with van der Waals surface area (Å²) < 4.78 is 1.95. The third-order valence-electron chi connectivity index (χ3n) is 5.82. The Bertz CT molecular complexity index is 1040. The number of carbonyl (C=O) groups is 2. The molecule has 2 amide bonds. The molecule has 0 radical (unpaired) electrons. The molecule has 3 aromatic rings. The van der Waals surface area contributed by atoms with E-state index in [4.69, 9.17) is 0 Å². The molecule has 2 aromatic carbocycles. The van der Waals surface area contributed by atoms with Crippen molar-refractivity contribution >= 4 is 22.7 Å². The van der Waals surface area contributed by atoms with Gasteiger partial charge in [0.25, 0.3) is 5.91 Å². The largest absolute Gasteiger partial charge is 0.355 e. The van der Waals surface area contributed by atoms with Gasteiger partial charge in [0.15, 0.2) is 0 Å². The fourth-order valence-electron chi connectivity index (χ4n) is 4.11. The zero-order chi connectivity index (χ0) is 20.4. The maximum Gasteiger partial charge on any atom is 0.270 e. The highest BCUT2D eigenvalue weighted by Gasteiger charge is 2.32. The third kappa shape index (κ3) is 4.04. The van der Waals surface area contributed by atoms with E-state index < -0.39 is 0 Å². The summed E-state index contributed by atoms with van der Waals surface area (Å²) in [6, 6.07) is 18.3. The summed E-state index contributed by atoms with van der Waals surface area (Å²) in [4.78, 5) is 27.4. The summed E-state index contributed by atoms with van der Waals surface area (Å²) in [7, 11) is 1.93. The highest BCUT2D eigenvalue weighted by atomic mass is 16.2. The predicted molar refractivity (Wildman–Crippen MR) is 115 cm³/mol. The Hall–Kier alpha value is -3.08. The van der Waals surface area contributed by atoms with Crippen LogP contribution in [0.5, 0.6) is 0 Å². The molecular formula is C24H27N3O2. The van der Waals surface area contributed by atoms with Crippen LogP contribution in [0.3, 0.4) is 0 Å². The summed E-state index contributed by atoms with van der Waals surface area (Å²) in [6.45, 7) is 3.78. The van der Waals surface area contributed by atoms with Gasteiger partial charge < -0.3 is 14.8 Å². The van der Waals surface area contributed by atoms with Gasteiger partial charge in [-0.2, -0.15) is 0 Å². The van der Waals surface area contributed by atoms with Gasteiger partial charge in [0.2, 0.25) is 5.91 Å². The van der Waals surface area contributed by atoms with Crippen LogP contribution in [0.2, 0.25) is 0 Å². The molecule has 0 saturated carbocycles. The average molecular weight is 389 g/mol. The van der Waals surface area contributed by atoms with Gasteiger partial charge in [-0.1, -0.05) is 42.0 Å². The first kappa shape index (κ1) is 19.2. The van der Waals surface area contributed by atoms with E-state index >= 15 is 0 Å². The van der Waals surface area contributed by atoms with Gasteiger partial charge in [0, 0.05) is 37.6 Å². The standard InChI is InChI=1S/C24H27N3O2/c1-17-8-9-21-20(14-17)15-22(26(21)2)24(29)27-13-11-19(16-27)23(28)25-12-10-18-6-4-3-5-7-18/h3-9,14-15,19H,10-13,16H2,1-2H3,(H,25,28). The predicted octanol–water partition coefficient (Wildman–Crippen LogP) is 3.31. The average Bonchev–Trinajstić information content (AvgIpc) is 3.33. The second-order valence-corrected chi connectivity index (χ2v) is 7.91. The normalized spacial score (nSPS) is 16.3. The van der Waals surface area contributed by atoms with Crippen LogP contribution >= 0.6 is 0 Å². The number of amides is 2. The summed E-state index contributed by atoms with van der Waals surface area (Å²) >= 11 is 0. The number of fused-ring (bicyclic) bond motifs is 1. The molecule has 4 rings (SSSR count). The van der Waals surface area contributed by atoms with Gasteiger partial charge in [0.1, 0.15) is 5.69 Å². The molecule has 0 spiro atoms. The van der Waals surface area contributed by atoms with Crippen molar-refractivity contribution in [2.75, 3.05) is 19.6 Å². The van der Waals surface area contributed by atoms with E-state index in [0.29, 0.717) is 31.7 Å². The number of nitrogens with zero attached hydrogens (tertiary/aromatic N) is 2. The Morgan fingerprint density at radius 3 is 2.69 bits per heavy atom. The number of carbonyl (C=O) groups excluding carboxylic acids is 2. The Balaban J connectivity index is 1.36. The fraction of sp³-hybridized carbons (Fsp3) is 0.333. The minimum absolute atomic E-state index is 0.000869. The highest BCUT2D eigenvalue weighted by Crippen LogP contribution is 2.24. The molecule has 1 aromatic heterocycles. The topological polar surface area (TPSA) is 54.3 Å². The molecule has 150 valence electrons. The second kappa shape index (κ2) is 8.11. The Labute approximate surface area is 171 Å². The lowest BCUT2D eigenvalue weighted by Crippen LogP contribution is -2.35. The first-order chi connectivity index (χ1) is 14.0. The van der Waals surface area contributed by atoms with E-state index in [-0.39, 0.29) is 17.7 Å². The van der Waals surface area contributed by atoms with Gasteiger partial charge in [-0.15, -0.1) is 0 Å². The number of hydrogen-bond donors (Lipinski definition) is 1. The van der Waals surface area contributed by atoms with Crippen LogP contribution in [0.15, 0.2) is 54.6 Å². The van der Waals surface area contributed by atoms with E-state index in [2.05, 4.69) is 42.6 Å². The SMILES string of the molecule is Cc1ccc2c(c1)cc(C(=O)N1CCC(C(=O)NCCc3ccccc3)C1)n2C. The molecule has 1 N–H and O–H groups in total. The van der Waals surface area contributed by atoms with E-state index in [0.717, 1.165) is 17.3 Å². The summed E-state index contributed by atoms with van der Waals surface area (Å²) in [5, 5.41) is 4.10. The lowest BCUT2D eigenvalue weighted by atomic mass is 10.1. The van der Waals surface area contributed by atoms with Crippen molar-refractivity contribution in [3.05, 3.63) is 71.4 Å². The minimum atomic E-state index is -0.133. The van der Waals surface area contributed by atoms with Crippen molar-refractivity contribution in [3.63, 3.8) is 0 Å². The van der Waals surface area contributed by atoms with Crippen LogP contribution in [-0.4, -0.2) is 40.9 Å². The van der Waals surface area contributed by atoms with Crippen molar-refractivity contribution in [2.24, 2.45) is 13.0 Å². The molecule has 1 atom stereocenters. The zero-order valence-electron chi connectivity index (χ0n) is 17.0. The number of likely N-dealkylation sites (tertiary alicyclic amines) is 1. The second-order valence-electron chi connectivity index (χ2n) is 7.91. The summed E-state index contributed by atoms with van der Waals surface area (Å²) in [5.74, 6) is -0.0866. The van der Waals surface area contributed by atoms with Crippen LogP contribution in [-0.2, 0) is 18.3 Å². The van der Waals surface area contributed by atoms with Gasteiger partial charge in [-0.05, 0) is 43.5 Å². The van der Waals surface area contributed by atoms with Crippen molar-refractivity contribution in [1.29, 1.82) is 0 Å². The van der Waals surface area contributed by atoms with E-state index in [9.17, 15) is 9.59 Å². The van der Waals surface area contributed by atoms with Crippen molar-refractivity contribution in [2.45, 2.75) is 19.8 Å². The summed E-state index contributed by atoms with van der Waals surface area (Å²) in [6.07, 6.45) is 1.53. The monoisotopic (exact) mass is 389 g/mol. The first-order valence-electron chi connectivity index (χ1n) is 10.2. The fourth-order valence-corrected chi connectivity index (χ4v) is 4.11. The molecule has 1 saturated heterocycles. The van der Waals surface area contributed by atoms with Crippen LogP contribution < -0.4 is 5.32 Å². The van der Waals surface area contributed by atoms with E-state index in [1.54, 1.807) is 0 Å². The highest BCUT2D eigenvalue weighted by molar-refractivity contribution is 5.99. The molecule has 5 heteroatoms. The van der Waals surface area contributed by atoms with Crippen molar-refractivity contribution < 1.29 is 9.59 Å². The van der Waals surface area contributed by atoms with Crippen molar-refractivity contribution in [1.82, 2.24) is 14.8 Å². The summed E-state index contributed by atoms with van der Waals surface area (Å²) in [5.41, 5.74) is 4.11. The maximum absolute atomic E-state index is 13.1. The van der Waals surface area contributed by atoms with Gasteiger partial charge in [-0.3, -0.25) is 9.59 Å². The number of hydrogen-bond acceptors (Lipinski definition) is 2. The molecular weight excluding hydrogens is 362 g/mol. The third-order valence-corrected chi connectivity index (χ3v) is 5.82. The zero-order valence-corrected chi connectivity index (χ0v) is 17.0. The number of rotatable bonds is 5. The molecule has 2 heterocycles. The Morgan fingerprint density at radius 1 is 1.10 bits per heavy atom. The van der Waals surface area contributed by atoms with Crippen LogP contribution in [0.25, 0.3) is 10.9 Å². The van der Waals surface area contributed by atoms with Gasteiger partial charge >= 0.3 is 0 Å². The lowest BCUT2D eigenvalue weighted by Gasteiger charge is -2.17.